The number of nitrogens with zero attached hydrogens (tertiary/aromatic N) is 2. The second-order valence-electron chi connectivity index (χ2n) is 5.52. The van der Waals surface area contributed by atoms with E-state index >= 15 is 0 Å². The third-order valence-electron chi connectivity index (χ3n) is 4.94. The van der Waals surface area contributed by atoms with Crippen molar-refractivity contribution < 1.29 is 9.53 Å². The van der Waals surface area contributed by atoms with Crippen molar-refractivity contribution in [1.82, 2.24) is 14.9 Å². The Labute approximate surface area is 120 Å². The number of carbonyl (C=O) groups is 1. The summed E-state index contributed by atoms with van der Waals surface area (Å²) in [6.45, 7) is 7.15. The standard InChI is InChI=1S/C15H25N3O2/c1-5-15(6-2)12(8-13(15)20-7-3)18(4)14(19)11-9-16-10-17-11/h9-10,12-13H,5-8H2,1-4H3,(H,16,17)/t12-,13-/m1/s1. The third-order valence-corrected chi connectivity index (χ3v) is 4.94. The van der Waals surface area contributed by atoms with E-state index < -0.39 is 0 Å². The largest absolute Gasteiger partial charge is 0.378 e. The minimum atomic E-state index is 0.00808. The van der Waals surface area contributed by atoms with Crippen LogP contribution in [0.15, 0.2) is 12.5 Å². The maximum absolute atomic E-state index is 12.4. The lowest BCUT2D eigenvalue weighted by Gasteiger charge is -2.58. The fourth-order valence-corrected chi connectivity index (χ4v) is 3.59. The third kappa shape index (κ3) is 2.24. The van der Waals surface area contributed by atoms with Gasteiger partial charge in [-0.2, -0.15) is 0 Å². The summed E-state index contributed by atoms with van der Waals surface area (Å²) in [5.74, 6) is 0.00808. The fraction of sp³-hybridized carbons (Fsp3) is 0.733. The number of hydrogen-bond donors (Lipinski definition) is 1. The average molecular weight is 279 g/mol. The van der Waals surface area contributed by atoms with Gasteiger partial charge in [0.25, 0.3) is 5.91 Å². The number of hydrogen-bond acceptors (Lipinski definition) is 3. The number of aromatic amines is 1. The highest BCUT2D eigenvalue weighted by molar-refractivity contribution is 5.92. The Bertz CT molecular complexity index is 440. The van der Waals surface area contributed by atoms with Crippen molar-refractivity contribution in [3.05, 3.63) is 18.2 Å². The predicted molar refractivity (Wildman–Crippen MR) is 77.5 cm³/mol. The zero-order chi connectivity index (χ0) is 14.8. The minimum absolute atomic E-state index is 0.00808. The van der Waals surface area contributed by atoms with Crippen LogP contribution in [-0.2, 0) is 4.74 Å². The number of amides is 1. The van der Waals surface area contributed by atoms with E-state index in [9.17, 15) is 4.79 Å². The molecule has 1 N–H and O–H groups in total. The molecule has 2 rings (SSSR count). The van der Waals surface area contributed by atoms with Gasteiger partial charge >= 0.3 is 0 Å². The first-order valence-corrected chi connectivity index (χ1v) is 7.47. The van der Waals surface area contributed by atoms with Crippen molar-refractivity contribution in [3.8, 4) is 0 Å². The van der Waals surface area contributed by atoms with E-state index in [1.807, 2.05) is 18.9 Å². The van der Waals surface area contributed by atoms with E-state index in [4.69, 9.17) is 4.74 Å². The molecule has 1 amide bonds. The van der Waals surface area contributed by atoms with Gasteiger partial charge in [-0.05, 0) is 26.2 Å². The SMILES string of the molecule is CCO[C@@H]1C[C@@H](N(C)C(=O)c2cnc[nH]2)C1(CC)CC. The van der Waals surface area contributed by atoms with E-state index in [2.05, 4.69) is 23.8 Å². The Balaban J connectivity index is 2.14. The van der Waals surface area contributed by atoms with E-state index in [1.165, 1.54) is 6.33 Å². The summed E-state index contributed by atoms with van der Waals surface area (Å²) in [6, 6.07) is 0.241. The number of carbonyl (C=O) groups excluding carboxylic acids is 1. The molecule has 5 heteroatoms. The number of H-pyrrole nitrogens is 1. The molecule has 0 bridgehead atoms. The maximum Gasteiger partial charge on any atom is 0.271 e. The summed E-state index contributed by atoms with van der Waals surface area (Å²) < 4.78 is 5.87. The second-order valence-corrected chi connectivity index (χ2v) is 5.52. The molecule has 0 saturated heterocycles. The van der Waals surface area contributed by atoms with Crippen molar-refractivity contribution in [2.75, 3.05) is 13.7 Å². The van der Waals surface area contributed by atoms with Crippen molar-refractivity contribution >= 4 is 5.91 Å². The van der Waals surface area contributed by atoms with Gasteiger partial charge in [0.05, 0.1) is 18.6 Å². The van der Waals surface area contributed by atoms with Gasteiger partial charge in [-0.3, -0.25) is 4.79 Å². The van der Waals surface area contributed by atoms with Gasteiger partial charge in [0, 0.05) is 25.1 Å². The molecule has 1 aromatic heterocycles. The van der Waals surface area contributed by atoms with Crippen LogP contribution in [0, 0.1) is 5.41 Å². The number of rotatable bonds is 6. The summed E-state index contributed by atoms with van der Waals surface area (Å²) in [6.07, 6.45) is 6.36. The molecule has 20 heavy (non-hydrogen) atoms. The zero-order valence-electron chi connectivity index (χ0n) is 12.8. The number of aromatic nitrogens is 2. The summed E-state index contributed by atoms with van der Waals surface area (Å²) in [7, 11) is 1.88. The van der Waals surface area contributed by atoms with E-state index in [-0.39, 0.29) is 23.5 Å². The molecule has 0 aliphatic heterocycles. The molecule has 112 valence electrons. The Kier molecular flexibility index (Phi) is 4.48. The highest BCUT2D eigenvalue weighted by Crippen LogP contribution is 2.51. The molecule has 0 unspecified atom stereocenters. The summed E-state index contributed by atoms with van der Waals surface area (Å²) in [5, 5.41) is 0. The Morgan fingerprint density at radius 2 is 2.20 bits per heavy atom. The zero-order valence-corrected chi connectivity index (χ0v) is 12.8. The Morgan fingerprint density at radius 1 is 1.50 bits per heavy atom. The molecule has 1 heterocycles. The van der Waals surface area contributed by atoms with E-state index in [0.717, 1.165) is 25.9 Å². The summed E-state index contributed by atoms with van der Waals surface area (Å²) in [4.78, 5) is 21.1. The van der Waals surface area contributed by atoms with Gasteiger partial charge in [0.15, 0.2) is 0 Å². The molecule has 0 aromatic carbocycles. The molecule has 1 saturated carbocycles. The molecule has 0 radical (unpaired) electrons. The van der Waals surface area contributed by atoms with Crippen LogP contribution in [0.2, 0.25) is 0 Å². The molecule has 5 nitrogen and oxygen atoms in total. The van der Waals surface area contributed by atoms with Crippen molar-refractivity contribution in [3.63, 3.8) is 0 Å². The van der Waals surface area contributed by atoms with Crippen LogP contribution in [0.4, 0.5) is 0 Å². The molecule has 1 aliphatic rings. The topological polar surface area (TPSA) is 58.2 Å². The first kappa shape index (κ1) is 15.0. The molecule has 2 atom stereocenters. The van der Waals surface area contributed by atoms with Crippen molar-refractivity contribution in [2.24, 2.45) is 5.41 Å². The van der Waals surface area contributed by atoms with Gasteiger partial charge in [0.2, 0.25) is 0 Å². The molecular weight excluding hydrogens is 254 g/mol. The van der Waals surface area contributed by atoms with Crippen LogP contribution in [0.1, 0.15) is 50.5 Å². The molecule has 0 spiro atoms. The molecule has 1 fully saturated rings. The first-order valence-electron chi connectivity index (χ1n) is 7.47. The summed E-state index contributed by atoms with van der Waals surface area (Å²) in [5.41, 5.74) is 0.633. The highest BCUT2D eigenvalue weighted by Gasteiger charge is 2.55. The lowest BCUT2D eigenvalue weighted by Crippen LogP contribution is -2.64. The van der Waals surface area contributed by atoms with Gasteiger partial charge in [-0.1, -0.05) is 13.8 Å². The highest BCUT2D eigenvalue weighted by atomic mass is 16.5. The molecular formula is C15H25N3O2. The minimum Gasteiger partial charge on any atom is -0.378 e. The van der Waals surface area contributed by atoms with Gasteiger partial charge in [0.1, 0.15) is 5.69 Å². The number of imidazole rings is 1. The first-order chi connectivity index (χ1) is 9.60. The van der Waals surface area contributed by atoms with E-state index in [0.29, 0.717) is 5.69 Å². The fourth-order valence-electron chi connectivity index (χ4n) is 3.59. The summed E-state index contributed by atoms with van der Waals surface area (Å²) >= 11 is 0. The van der Waals surface area contributed by atoms with Crippen LogP contribution in [0.25, 0.3) is 0 Å². The normalized spacial score (nSPS) is 24.2. The average Bonchev–Trinajstić information content (AvgIpc) is 2.97. The van der Waals surface area contributed by atoms with Gasteiger partial charge in [-0.15, -0.1) is 0 Å². The Morgan fingerprint density at radius 3 is 2.70 bits per heavy atom. The lowest BCUT2D eigenvalue weighted by molar-refractivity contribution is -0.159. The smallest absolute Gasteiger partial charge is 0.271 e. The second kappa shape index (κ2) is 5.95. The van der Waals surface area contributed by atoms with Crippen LogP contribution in [0.3, 0.4) is 0 Å². The Hall–Kier alpha value is -1.36. The van der Waals surface area contributed by atoms with Gasteiger partial charge < -0.3 is 14.6 Å². The quantitative estimate of drug-likeness (QED) is 0.870. The molecule has 1 aliphatic carbocycles. The van der Waals surface area contributed by atoms with Crippen LogP contribution in [-0.4, -0.2) is 46.6 Å². The van der Waals surface area contributed by atoms with E-state index in [1.54, 1.807) is 6.20 Å². The number of nitrogens with one attached hydrogen (secondary N) is 1. The monoisotopic (exact) mass is 279 g/mol. The molecule has 1 aromatic rings. The predicted octanol–water partition coefficient (Wildman–Crippen LogP) is 2.47. The van der Waals surface area contributed by atoms with Crippen LogP contribution < -0.4 is 0 Å². The van der Waals surface area contributed by atoms with Gasteiger partial charge in [-0.25, -0.2) is 4.98 Å². The van der Waals surface area contributed by atoms with Crippen molar-refractivity contribution in [2.45, 2.75) is 52.2 Å². The van der Waals surface area contributed by atoms with Crippen LogP contribution >= 0.6 is 0 Å². The lowest BCUT2D eigenvalue weighted by atomic mass is 9.58. The van der Waals surface area contributed by atoms with Crippen LogP contribution in [0.5, 0.6) is 0 Å². The number of ether oxygens (including phenoxy) is 1. The van der Waals surface area contributed by atoms with Crippen molar-refractivity contribution in [1.29, 1.82) is 0 Å². The maximum atomic E-state index is 12.4.